The number of rotatable bonds is 4. The summed E-state index contributed by atoms with van der Waals surface area (Å²) in [6.45, 7) is 6.31. The Morgan fingerprint density at radius 1 is 1.42 bits per heavy atom. The molecule has 2 aromatic rings. The average molecular weight is 326 g/mol. The van der Waals surface area contributed by atoms with Gasteiger partial charge in [0.25, 0.3) is 5.89 Å². The molecule has 102 valence electrons. The van der Waals surface area contributed by atoms with Crippen LogP contribution in [0.5, 0.6) is 0 Å². The molecule has 19 heavy (non-hydrogen) atoms. The number of hydrogen-bond acceptors (Lipinski definition) is 5. The highest BCUT2D eigenvalue weighted by Crippen LogP contribution is 2.31. The Morgan fingerprint density at radius 2 is 2.16 bits per heavy atom. The minimum atomic E-state index is -0.580. The van der Waals surface area contributed by atoms with Crippen LogP contribution >= 0.6 is 15.9 Å². The first-order valence-corrected chi connectivity index (χ1v) is 6.77. The molecule has 0 saturated carbocycles. The molecule has 0 bridgehead atoms. The van der Waals surface area contributed by atoms with Gasteiger partial charge in [-0.25, -0.2) is 0 Å². The molecular weight excluding hydrogens is 310 g/mol. The normalized spacial score (nSPS) is 11.8. The lowest BCUT2D eigenvalue weighted by molar-refractivity contribution is -0.0221. The second-order valence-electron chi connectivity index (χ2n) is 4.61. The number of ether oxygens (including phenoxy) is 1. The van der Waals surface area contributed by atoms with E-state index >= 15 is 0 Å². The first-order valence-electron chi connectivity index (χ1n) is 5.97. The summed E-state index contributed by atoms with van der Waals surface area (Å²) >= 11 is 3.44. The van der Waals surface area contributed by atoms with E-state index in [1.807, 2.05) is 26.8 Å². The number of halogens is 1. The fourth-order valence-corrected chi connectivity index (χ4v) is 2.13. The van der Waals surface area contributed by atoms with Crippen LogP contribution in [0.2, 0.25) is 0 Å². The van der Waals surface area contributed by atoms with Crippen molar-refractivity contribution in [1.29, 1.82) is 0 Å². The third-order valence-electron chi connectivity index (χ3n) is 2.69. The van der Waals surface area contributed by atoms with E-state index in [0.29, 0.717) is 24.0 Å². The molecule has 5 nitrogen and oxygen atoms in total. The van der Waals surface area contributed by atoms with E-state index in [2.05, 4.69) is 26.1 Å². The topological polar surface area (TPSA) is 74.2 Å². The number of hydrogen-bond donors (Lipinski definition) is 1. The number of benzene rings is 1. The molecule has 0 saturated heterocycles. The highest BCUT2D eigenvalue weighted by atomic mass is 79.9. The Hall–Kier alpha value is -1.40. The second-order valence-corrected chi connectivity index (χ2v) is 5.46. The lowest BCUT2D eigenvalue weighted by Crippen LogP contribution is -2.23. The number of nitrogens with zero attached hydrogens (tertiary/aromatic N) is 2. The SMILES string of the molecule is CCOC(C)(C)c1noc(-c2cc(N)ccc2Br)n1. The molecule has 1 aromatic carbocycles. The van der Waals surface area contributed by atoms with Crippen molar-refractivity contribution in [3.63, 3.8) is 0 Å². The molecule has 0 spiro atoms. The molecule has 0 aliphatic rings. The van der Waals surface area contributed by atoms with Gasteiger partial charge in [-0.1, -0.05) is 5.16 Å². The van der Waals surface area contributed by atoms with Crippen molar-refractivity contribution in [2.45, 2.75) is 26.4 Å². The van der Waals surface area contributed by atoms with Gasteiger partial charge >= 0.3 is 0 Å². The summed E-state index contributed by atoms with van der Waals surface area (Å²) in [6.07, 6.45) is 0. The Labute approximate surface area is 120 Å². The van der Waals surface area contributed by atoms with Crippen LogP contribution in [0, 0.1) is 0 Å². The van der Waals surface area contributed by atoms with Crippen molar-refractivity contribution in [1.82, 2.24) is 10.1 Å². The number of anilines is 1. The Bertz CT molecular complexity index is 581. The molecule has 0 aliphatic carbocycles. The maximum Gasteiger partial charge on any atom is 0.259 e. The number of nitrogen functional groups attached to an aromatic ring is 1. The van der Waals surface area contributed by atoms with Crippen molar-refractivity contribution in [2.75, 3.05) is 12.3 Å². The van der Waals surface area contributed by atoms with Crippen LogP contribution in [0.3, 0.4) is 0 Å². The summed E-state index contributed by atoms with van der Waals surface area (Å²) in [6, 6.07) is 5.44. The number of aromatic nitrogens is 2. The Balaban J connectivity index is 2.38. The summed E-state index contributed by atoms with van der Waals surface area (Å²) < 4.78 is 11.7. The van der Waals surface area contributed by atoms with Crippen molar-refractivity contribution in [3.05, 3.63) is 28.5 Å². The minimum Gasteiger partial charge on any atom is -0.399 e. The van der Waals surface area contributed by atoms with Crippen LogP contribution in [0.4, 0.5) is 5.69 Å². The predicted molar refractivity (Wildman–Crippen MR) is 76.5 cm³/mol. The van der Waals surface area contributed by atoms with E-state index in [-0.39, 0.29) is 0 Å². The molecule has 0 aliphatic heterocycles. The quantitative estimate of drug-likeness (QED) is 0.872. The molecule has 2 rings (SSSR count). The molecule has 0 unspecified atom stereocenters. The monoisotopic (exact) mass is 325 g/mol. The lowest BCUT2D eigenvalue weighted by Gasteiger charge is -2.19. The molecule has 0 fully saturated rings. The second kappa shape index (κ2) is 5.30. The molecule has 6 heteroatoms. The van der Waals surface area contributed by atoms with Gasteiger partial charge in [0.2, 0.25) is 5.82 Å². The van der Waals surface area contributed by atoms with E-state index in [1.54, 1.807) is 12.1 Å². The van der Waals surface area contributed by atoms with Crippen molar-refractivity contribution in [3.8, 4) is 11.5 Å². The van der Waals surface area contributed by atoms with Crippen LogP contribution < -0.4 is 5.73 Å². The lowest BCUT2D eigenvalue weighted by atomic mass is 10.1. The first kappa shape index (κ1) is 14.0. The molecule has 1 aromatic heterocycles. The highest BCUT2D eigenvalue weighted by molar-refractivity contribution is 9.10. The average Bonchev–Trinajstić information content (AvgIpc) is 2.82. The molecule has 2 N–H and O–H groups in total. The Kier molecular flexibility index (Phi) is 3.91. The molecule has 1 heterocycles. The largest absolute Gasteiger partial charge is 0.399 e. The Morgan fingerprint density at radius 3 is 2.84 bits per heavy atom. The summed E-state index contributed by atoms with van der Waals surface area (Å²) in [4.78, 5) is 4.38. The van der Waals surface area contributed by atoms with Crippen LogP contribution in [0.1, 0.15) is 26.6 Å². The van der Waals surface area contributed by atoms with Crippen molar-refractivity contribution >= 4 is 21.6 Å². The third-order valence-corrected chi connectivity index (χ3v) is 3.38. The van der Waals surface area contributed by atoms with Gasteiger partial charge in [0, 0.05) is 16.8 Å². The smallest absolute Gasteiger partial charge is 0.259 e. The zero-order valence-corrected chi connectivity index (χ0v) is 12.7. The van der Waals surface area contributed by atoms with Gasteiger partial charge in [-0.2, -0.15) is 4.98 Å². The third kappa shape index (κ3) is 2.96. The van der Waals surface area contributed by atoms with Gasteiger partial charge in [-0.15, -0.1) is 0 Å². The number of nitrogens with two attached hydrogens (primary N) is 1. The fourth-order valence-electron chi connectivity index (χ4n) is 1.71. The zero-order chi connectivity index (χ0) is 14.0. The predicted octanol–water partition coefficient (Wildman–Crippen LogP) is 3.35. The van der Waals surface area contributed by atoms with Crippen LogP contribution in [-0.2, 0) is 10.3 Å². The fraction of sp³-hybridized carbons (Fsp3) is 0.385. The highest BCUT2D eigenvalue weighted by Gasteiger charge is 2.27. The zero-order valence-electron chi connectivity index (χ0n) is 11.1. The van der Waals surface area contributed by atoms with E-state index in [0.717, 1.165) is 10.0 Å². The van der Waals surface area contributed by atoms with Gasteiger partial charge in [0.1, 0.15) is 5.60 Å². The summed E-state index contributed by atoms with van der Waals surface area (Å²) in [5.74, 6) is 0.931. The van der Waals surface area contributed by atoms with Gasteiger partial charge in [-0.3, -0.25) is 0 Å². The van der Waals surface area contributed by atoms with E-state index < -0.39 is 5.60 Å². The summed E-state index contributed by atoms with van der Waals surface area (Å²) in [7, 11) is 0. The first-order chi connectivity index (χ1) is 8.94. The maximum absolute atomic E-state index is 5.77. The summed E-state index contributed by atoms with van der Waals surface area (Å²) in [5.41, 5.74) is 6.60. The molecule has 0 radical (unpaired) electrons. The van der Waals surface area contributed by atoms with Crippen molar-refractivity contribution < 1.29 is 9.26 Å². The minimum absolute atomic E-state index is 0.418. The van der Waals surface area contributed by atoms with E-state index in [1.165, 1.54) is 0 Å². The maximum atomic E-state index is 5.77. The standard InChI is InChI=1S/C13H16BrN3O2/c1-4-18-13(2,3)12-16-11(19-17-12)9-7-8(15)5-6-10(9)14/h5-7H,4,15H2,1-3H3. The van der Waals surface area contributed by atoms with Gasteiger partial charge in [-0.05, 0) is 54.9 Å². The summed E-state index contributed by atoms with van der Waals surface area (Å²) in [5, 5.41) is 3.98. The van der Waals surface area contributed by atoms with Crippen LogP contribution in [0.15, 0.2) is 27.2 Å². The van der Waals surface area contributed by atoms with Gasteiger partial charge in [0.05, 0.1) is 5.56 Å². The van der Waals surface area contributed by atoms with Crippen LogP contribution in [0.25, 0.3) is 11.5 Å². The van der Waals surface area contributed by atoms with E-state index in [4.69, 9.17) is 15.0 Å². The van der Waals surface area contributed by atoms with Crippen LogP contribution in [-0.4, -0.2) is 16.7 Å². The van der Waals surface area contributed by atoms with Gasteiger partial charge < -0.3 is 15.0 Å². The van der Waals surface area contributed by atoms with E-state index in [9.17, 15) is 0 Å². The molecule has 0 atom stereocenters. The molecule has 0 amide bonds. The van der Waals surface area contributed by atoms with Gasteiger partial charge in [0.15, 0.2) is 0 Å². The van der Waals surface area contributed by atoms with Crippen molar-refractivity contribution in [2.24, 2.45) is 0 Å². The molecular formula is C13H16BrN3O2.